The number of benzene rings is 1. The summed E-state index contributed by atoms with van der Waals surface area (Å²) in [6.07, 6.45) is 0. The molecule has 1 aromatic carbocycles. The summed E-state index contributed by atoms with van der Waals surface area (Å²) in [5.74, 6) is 0.0682. The zero-order valence-electron chi connectivity index (χ0n) is 11.9. The lowest BCUT2D eigenvalue weighted by Gasteiger charge is -2.02. The van der Waals surface area contributed by atoms with Crippen LogP contribution < -0.4 is 0 Å². The lowest BCUT2D eigenvalue weighted by atomic mass is 10.0. The summed E-state index contributed by atoms with van der Waals surface area (Å²) in [7, 11) is 0. The Morgan fingerprint density at radius 3 is 2.61 bits per heavy atom. The average molecular weight is 319 g/mol. The van der Waals surface area contributed by atoms with Crippen LogP contribution in [0.1, 0.15) is 0 Å². The predicted molar refractivity (Wildman–Crippen MR) is 91.1 cm³/mol. The Morgan fingerprint density at radius 1 is 1.09 bits per heavy atom. The van der Waals surface area contributed by atoms with Gasteiger partial charge in [-0.3, -0.25) is 0 Å². The van der Waals surface area contributed by atoms with E-state index in [2.05, 4.69) is 14.8 Å². The SMILES string of the molecule is [C-]#[N+]c1ccc2[nH]c(-c3cccs3)c(-c3ccc(F)cc3)c2n1. The Morgan fingerprint density at radius 2 is 1.91 bits per heavy atom. The first-order chi connectivity index (χ1) is 11.3. The van der Waals surface area contributed by atoms with Crippen molar-refractivity contribution in [1.29, 1.82) is 0 Å². The third-order valence-corrected chi connectivity index (χ3v) is 4.53. The van der Waals surface area contributed by atoms with Crippen LogP contribution in [-0.4, -0.2) is 9.97 Å². The van der Waals surface area contributed by atoms with E-state index in [0.717, 1.165) is 32.7 Å². The molecule has 0 fully saturated rings. The van der Waals surface area contributed by atoms with E-state index in [1.165, 1.54) is 12.1 Å². The van der Waals surface area contributed by atoms with E-state index in [0.29, 0.717) is 5.82 Å². The largest absolute Gasteiger partial charge is 0.361 e. The quantitative estimate of drug-likeness (QED) is 0.476. The number of hydrogen-bond acceptors (Lipinski definition) is 2. The van der Waals surface area contributed by atoms with E-state index in [-0.39, 0.29) is 5.82 Å². The van der Waals surface area contributed by atoms with Gasteiger partial charge in [0.2, 0.25) is 0 Å². The Hall–Kier alpha value is -2.97. The van der Waals surface area contributed by atoms with Crippen LogP contribution in [0.4, 0.5) is 10.2 Å². The first kappa shape index (κ1) is 13.7. The molecule has 3 heterocycles. The molecule has 23 heavy (non-hydrogen) atoms. The molecule has 0 aliphatic heterocycles. The number of H-pyrrole nitrogens is 1. The van der Waals surface area contributed by atoms with Crippen LogP contribution in [0.2, 0.25) is 0 Å². The van der Waals surface area contributed by atoms with Crippen molar-refractivity contribution in [2.45, 2.75) is 0 Å². The fourth-order valence-corrected chi connectivity index (χ4v) is 3.35. The highest BCUT2D eigenvalue weighted by atomic mass is 32.1. The van der Waals surface area contributed by atoms with Gasteiger partial charge in [0.25, 0.3) is 5.82 Å². The summed E-state index contributed by atoms with van der Waals surface area (Å²) in [5, 5.41) is 2.01. The molecule has 0 bridgehead atoms. The Labute approximate surface area is 135 Å². The first-order valence-electron chi connectivity index (χ1n) is 6.96. The molecule has 0 unspecified atom stereocenters. The van der Waals surface area contributed by atoms with Gasteiger partial charge in [-0.2, -0.15) is 0 Å². The molecule has 0 radical (unpaired) electrons. The summed E-state index contributed by atoms with van der Waals surface area (Å²) in [6.45, 7) is 7.17. The monoisotopic (exact) mass is 319 g/mol. The van der Waals surface area contributed by atoms with Crippen molar-refractivity contribution in [3.8, 4) is 21.7 Å². The van der Waals surface area contributed by atoms with E-state index in [4.69, 9.17) is 6.57 Å². The summed E-state index contributed by atoms with van der Waals surface area (Å²) in [4.78, 5) is 12.3. The number of aromatic amines is 1. The predicted octanol–water partition coefficient (Wildman–Crippen LogP) is 5.65. The number of rotatable bonds is 2. The molecule has 110 valence electrons. The highest BCUT2D eigenvalue weighted by molar-refractivity contribution is 7.13. The zero-order chi connectivity index (χ0) is 15.8. The van der Waals surface area contributed by atoms with Gasteiger partial charge in [-0.25, -0.2) is 4.39 Å². The third kappa shape index (κ3) is 2.30. The lowest BCUT2D eigenvalue weighted by Crippen LogP contribution is -1.83. The molecule has 0 amide bonds. The molecule has 1 N–H and O–H groups in total. The van der Waals surface area contributed by atoms with Crippen molar-refractivity contribution in [2.75, 3.05) is 0 Å². The second-order valence-electron chi connectivity index (χ2n) is 5.04. The average Bonchev–Trinajstić information content (AvgIpc) is 3.22. The number of hydrogen-bond donors (Lipinski definition) is 1. The van der Waals surface area contributed by atoms with Crippen LogP contribution in [0.15, 0.2) is 53.9 Å². The second kappa shape index (κ2) is 5.34. The van der Waals surface area contributed by atoms with Gasteiger partial charge in [-0.1, -0.05) is 24.8 Å². The number of halogens is 1. The maximum Gasteiger partial charge on any atom is 0.270 e. The number of nitrogens with zero attached hydrogens (tertiary/aromatic N) is 2. The normalized spacial score (nSPS) is 10.8. The fourth-order valence-electron chi connectivity index (χ4n) is 2.62. The molecule has 0 saturated heterocycles. The van der Waals surface area contributed by atoms with Crippen molar-refractivity contribution in [2.24, 2.45) is 0 Å². The molecule has 4 rings (SSSR count). The van der Waals surface area contributed by atoms with Gasteiger partial charge in [0, 0.05) is 0 Å². The fraction of sp³-hybridized carbons (Fsp3) is 0. The summed E-state index contributed by atoms with van der Waals surface area (Å²) >= 11 is 1.62. The van der Waals surface area contributed by atoms with E-state index in [1.807, 2.05) is 23.6 Å². The molecule has 0 saturated carbocycles. The van der Waals surface area contributed by atoms with Crippen molar-refractivity contribution >= 4 is 28.2 Å². The van der Waals surface area contributed by atoms with Gasteiger partial charge in [-0.05, 0) is 41.3 Å². The van der Waals surface area contributed by atoms with Crippen LogP contribution in [0, 0.1) is 12.4 Å². The van der Waals surface area contributed by atoms with Crippen molar-refractivity contribution in [3.63, 3.8) is 0 Å². The number of nitrogens with one attached hydrogen (secondary N) is 1. The third-order valence-electron chi connectivity index (χ3n) is 3.64. The molecule has 0 aliphatic carbocycles. The molecule has 3 nitrogen and oxygen atoms in total. The van der Waals surface area contributed by atoms with Crippen molar-refractivity contribution < 1.29 is 4.39 Å². The minimum atomic E-state index is -0.277. The smallest absolute Gasteiger partial charge is 0.270 e. The Kier molecular flexibility index (Phi) is 3.18. The van der Waals surface area contributed by atoms with Crippen LogP contribution in [0.5, 0.6) is 0 Å². The van der Waals surface area contributed by atoms with E-state index >= 15 is 0 Å². The summed E-state index contributed by atoms with van der Waals surface area (Å²) in [5.41, 5.74) is 4.30. The van der Waals surface area contributed by atoms with E-state index < -0.39 is 0 Å². The number of thiophene rings is 1. The molecule has 0 spiro atoms. The first-order valence-corrected chi connectivity index (χ1v) is 7.84. The second-order valence-corrected chi connectivity index (χ2v) is 5.98. The maximum absolute atomic E-state index is 13.3. The van der Waals surface area contributed by atoms with Crippen molar-refractivity contribution in [1.82, 2.24) is 9.97 Å². The standard InChI is InChI=1S/C18H10FN3S/c1-20-15-9-8-13-17(22-15)16(11-4-6-12(19)7-5-11)18(21-13)14-3-2-10-23-14/h2-10,21H. The number of pyridine rings is 1. The Bertz CT molecular complexity index is 1020. The highest BCUT2D eigenvalue weighted by Crippen LogP contribution is 2.39. The molecule has 5 heteroatoms. The minimum absolute atomic E-state index is 0.277. The van der Waals surface area contributed by atoms with Crippen LogP contribution in [-0.2, 0) is 0 Å². The van der Waals surface area contributed by atoms with Gasteiger partial charge in [-0.15, -0.1) is 16.3 Å². The number of aromatic nitrogens is 2. The van der Waals surface area contributed by atoms with Gasteiger partial charge in [0.15, 0.2) is 5.52 Å². The highest BCUT2D eigenvalue weighted by Gasteiger charge is 2.19. The van der Waals surface area contributed by atoms with Gasteiger partial charge in [0.1, 0.15) is 5.82 Å². The molecule has 3 aromatic heterocycles. The van der Waals surface area contributed by atoms with Gasteiger partial charge >= 0.3 is 0 Å². The summed E-state index contributed by atoms with van der Waals surface area (Å²) < 4.78 is 13.3. The zero-order valence-corrected chi connectivity index (χ0v) is 12.7. The van der Waals surface area contributed by atoms with Crippen molar-refractivity contribution in [3.05, 3.63) is 71.1 Å². The minimum Gasteiger partial charge on any atom is -0.361 e. The molecular formula is C18H10FN3S. The van der Waals surface area contributed by atoms with E-state index in [1.54, 1.807) is 29.5 Å². The lowest BCUT2D eigenvalue weighted by molar-refractivity contribution is 0.628. The van der Waals surface area contributed by atoms with Crippen LogP contribution in [0.25, 0.3) is 37.6 Å². The molecule has 0 atom stereocenters. The van der Waals surface area contributed by atoms with E-state index in [9.17, 15) is 4.39 Å². The molecular weight excluding hydrogens is 309 g/mol. The van der Waals surface area contributed by atoms with Gasteiger partial charge in [0.05, 0.1) is 21.7 Å². The molecule has 0 aliphatic rings. The topological polar surface area (TPSA) is 33.0 Å². The molecule has 4 aromatic rings. The Balaban J connectivity index is 2.07. The van der Waals surface area contributed by atoms with Gasteiger partial charge < -0.3 is 9.83 Å². The maximum atomic E-state index is 13.3. The van der Waals surface area contributed by atoms with Crippen LogP contribution >= 0.6 is 11.3 Å². The van der Waals surface area contributed by atoms with Crippen LogP contribution in [0.3, 0.4) is 0 Å². The summed E-state index contributed by atoms with van der Waals surface area (Å²) in [6, 6.07) is 13.9. The number of fused-ring (bicyclic) bond motifs is 1.